The number of aromatic amines is 4. The third-order valence-electron chi connectivity index (χ3n) is 9.94. The van der Waals surface area contributed by atoms with E-state index in [2.05, 4.69) is 70.1 Å². The van der Waals surface area contributed by atoms with Crippen molar-refractivity contribution in [3.8, 4) is 0 Å². The van der Waals surface area contributed by atoms with Gasteiger partial charge in [0.1, 0.15) is 29.0 Å². The minimum atomic E-state index is -3.71. The van der Waals surface area contributed by atoms with Crippen LogP contribution in [0.1, 0.15) is 35.1 Å². The van der Waals surface area contributed by atoms with E-state index >= 15 is 0 Å². The Morgan fingerprint density at radius 3 is 2.18 bits per heavy atom. The molecule has 0 spiro atoms. The summed E-state index contributed by atoms with van der Waals surface area (Å²) < 4.78 is 33.7. The van der Waals surface area contributed by atoms with Crippen molar-refractivity contribution >= 4 is 105 Å². The zero-order chi connectivity index (χ0) is 52.4. The number of imidazole rings is 2. The number of carboxylic acid groups (broad SMARTS) is 2. The van der Waals surface area contributed by atoms with Crippen molar-refractivity contribution in [1.82, 2.24) is 74.7 Å². The number of H-pyrrole nitrogens is 4. The van der Waals surface area contributed by atoms with Gasteiger partial charge in [-0.2, -0.15) is 23.7 Å². The van der Waals surface area contributed by atoms with E-state index in [9.17, 15) is 38.2 Å². The van der Waals surface area contributed by atoms with Crippen LogP contribution in [-0.2, 0) is 41.9 Å². The van der Waals surface area contributed by atoms with Crippen LogP contribution in [0.4, 0.5) is 38.0 Å². The molecule has 73 heavy (non-hydrogen) atoms. The van der Waals surface area contributed by atoms with Crippen LogP contribution in [0.25, 0.3) is 33.5 Å². The number of nitrogens with zero attached hydrogens (tertiary/aromatic N) is 11. The van der Waals surface area contributed by atoms with E-state index in [1.165, 1.54) is 24.8 Å². The number of carbonyl (C=O) groups excluding carboxylic acids is 1. The van der Waals surface area contributed by atoms with Crippen molar-refractivity contribution in [1.29, 1.82) is 0 Å². The summed E-state index contributed by atoms with van der Waals surface area (Å²) in [6.45, 7) is -0.418. The number of alkyl halides is 2. The van der Waals surface area contributed by atoms with Gasteiger partial charge >= 0.3 is 23.6 Å². The number of nitrogen functional groups attached to an aromatic ring is 4. The topological polar surface area (TPSA) is 462 Å². The normalized spacial score (nSPS) is 15.8. The van der Waals surface area contributed by atoms with Gasteiger partial charge in [-0.15, -0.1) is 0 Å². The molecule has 0 aliphatic carbocycles. The first kappa shape index (κ1) is 55.8. The number of benzene rings is 1. The molecule has 1 fully saturated rings. The number of nitrogens with two attached hydrogens (primary N) is 4. The Labute approximate surface area is 431 Å². The number of fused-ring (bicyclic) bond motifs is 3. The molecule has 8 heterocycles. The van der Waals surface area contributed by atoms with Crippen LogP contribution in [0.15, 0.2) is 66.5 Å². The average molecular weight is 1230 g/mol. The van der Waals surface area contributed by atoms with Crippen molar-refractivity contribution in [2.75, 3.05) is 41.5 Å². The number of nitrogens with one attached hydrogen (secondary N) is 5. The third kappa shape index (κ3) is 13.9. The monoisotopic (exact) mass is 1230 g/mol. The van der Waals surface area contributed by atoms with Crippen LogP contribution in [0.2, 0.25) is 0 Å². The first-order chi connectivity index (χ1) is 34.2. The minimum absolute atomic E-state index is 0. The van der Waals surface area contributed by atoms with Gasteiger partial charge in [0.2, 0.25) is 18.1 Å². The van der Waals surface area contributed by atoms with Crippen molar-refractivity contribution in [2.45, 2.75) is 49.8 Å². The number of hydrogen-bond acceptors (Lipinski definition) is 23. The number of rotatable bonds is 11. The first-order valence-electron chi connectivity index (χ1n) is 20.5. The molecule has 388 valence electrons. The summed E-state index contributed by atoms with van der Waals surface area (Å²) in [5.74, 6) is -6.45. The van der Waals surface area contributed by atoms with Gasteiger partial charge in [0, 0.05) is 52.0 Å². The number of aromatic nitrogens is 14. The predicted molar refractivity (Wildman–Crippen MR) is 256 cm³/mol. The van der Waals surface area contributed by atoms with Crippen LogP contribution >= 0.6 is 24.4 Å². The van der Waals surface area contributed by atoms with E-state index in [4.69, 9.17) is 62.3 Å². The number of aliphatic hydroxyl groups excluding tert-OH is 2. The number of halogens is 2. The number of carboxylic acids is 2. The van der Waals surface area contributed by atoms with E-state index < -0.39 is 60.5 Å². The zero-order valence-electron chi connectivity index (χ0n) is 37.4. The number of aliphatic carboxylic acids is 2. The number of carbonyl (C=O) groups is 3. The van der Waals surface area contributed by atoms with Crippen molar-refractivity contribution < 1.29 is 69.4 Å². The number of anilines is 5. The Morgan fingerprint density at radius 1 is 0.904 bits per heavy atom. The Balaban J connectivity index is 0.000000204. The van der Waals surface area contributed by atoms with E-state index in [-0.39, 0.29) is 63.0 Å². The maximum atomic E-state index is 13.7. The molecule has 1 aromatic carbocycles. The fraction of sp³-hybridized carbons (Fsp3) is 0.256. The number of aliphatic hydroxyl groups is 2. The molecule has 0 unspecified atom stereocenters. The van der Waals surface area contributed by atoms with Gasteiger partial charge in [0.05, 0.1) is 44.0 Å². The largest absolute Gasteiger partial charge is 0.481 e. The summed E-state index contributed by atoms with van der Waals surface area (Å²) in [5.41, 5.74) is 26.2. The molecule has 0 bridgehead atoms. The number of amides is 1. The summed E-state index contributed by atoms with van der Waals surface area (Å²) >= 11 is 9.82. The fourth-order valence-corrected chi connectivity index (χ4v) is 6.86. The number of ether oxygens (including phenoxy) is 1. The first-order valence-corrected chi connectivity index (χ1v) is 21.3. The average Bonchev–Trinajstić information content (AvgIpc) is 4.07. The van der Waals surface area contributed by atoms with Gasteiger partial charge in [-0.25, -0.2) is 39.5 Å². The Morgan fingerprint density at radius 2 is 1.56 bits per heavy atom. The molecule has 9 rings (SSSR count). The maximum absolute atomic E-state index is 13.7. The molecule has 0 radical (unpaired) electrons. The standard InChI is InChI=1S/C20H22N8O5.C9H11F2N3O4.C5H5N5S.C5H4N4S.Pt/c1-28(9-11-8-23-17-15(24-11)16(21)26-20(22)27-17)12-4-2-10(3-5-12)18(31)25-13(19(32)33)6-7-14(29)30;10-9(11)6(16)4(3-15)18-7(9)14-2-1-5(12)13-8(14)17;6-5-9-3-2(4(11)10-5)7-1-8-3;10-5-3-4(7-1-6-3)8-2-9-5;/h2-5,8,13H,6-7,9H2,1H3,(H,25,31)(H,29,30)(H,32,33)(H4,21,22,23,26,27);1-2,4,6-7,15-16H,3H2,(H2,12,13,17);1H,(H4,6,7,8,9,10,11);1-2H,(H2,6,7,8,9,10);/t13-;4-,6-,7-;;;/m01.../s1. The Kier molecular flexibility index (Phi) is 18.6. The molecule has 1 aliphatic rings. The quantitative estimate of drug-likeness (QED) is 0.0788. The molecule has 1 aliphatic heterocycles. The SMILES string of the molecule is CN(Cc1cnc2nc(N)nc(N)c2n1)c1ccc(C(=O)N[C@@H](CCC(=O)O)C(=O)O)cc1.Nc1ccn([C@@H]2O[C@H](CO)[C@@H](O)C2(F)F)c(=O)n1.Nc1nc(=S)c2[nH]cnc2[nH]1.S=c1nc[nH]c2nc[nH]c12.[Pt]. The van der Waals surface area contributed by atoms with E-state index in [0.29, 0.717) is 48.4 Å². The molecular weight excluding hydrogens is 1190 g/mol. The van der Waals surface area contributed by atoms with Crippen molar-refractivity contribution in [3.05, 3.63) is 92.7 Å². The second-order valence-electron chi connectivity index (χ2n) is 15.0. The van der Waals surface area contributed by atoms with Crippen LogP contribution < -0.4 is 38.8 Å². The third-order valence-corrected chi connectivity index (χ3v) is 10.5. The summed E-state index contributed by atoms with van der Waals surface area (Å²) in [6.07, 6.45) is 0.931. The summed E-state index contributed by atoms with van der Waals surface area (Å²) in [7, 11) is 1.82. The van der Waals surface area contributed by atoms with Gasteiger partial charge < -0.3 is 78.3 Å². The van der Waals surface area contributed by atoms with Crippen LogP contribution in [0, 0.1) is 9.28 Å². The summed E-state index contributed by atoms with van der Waals surface area (Å²) in [5, 5.41) is 38.4. The molecule has 8 aromatic rings. The summed E-state index contributed by atoms with van der Waals surface area (Å²) in [4.78, 5) is 94.4. The van der Waals surface area contributed by atoms with E-state index in [1.54, 1.807) is 24.7 Å². The maximum Gasteiger partial charge on any atom is 0.351 e. The fourth-order valence-electron chi connectivity index (χ4n) is 6.40. The molecule has 1 amide bonds. The smallest absolute Gasteiger partial charge is 0.351 e. The van der Waals surface area contributed by atoms with Crippen LogP contribution in [-0.4, -0.2) is 145 Å². The Bertz CT molecular complexity index is 3420. The predicted octanol–water partition coefficient (Wildman–Crippen LogP) is 0.590. The van der Waals surface area contributed by atoms with E-state index in [0.717, 1.165) is 29.1 Å². The van der Waals surface area contributed by atoms with Gasteiger partial charge in [-0.05, 0) is 36.8 Å². The van der Waals surface area contributed by atoms with Crippen molar-refractivity contribution in [2.24, 2.45) is 0 Å². The zero-order valence-corrected chi connectivity index (χ0v) is 41.3. The van der Waals surface area contributed by atoms with Crippen LogP contribution in [0.5, 0.6) is 0 Å². The number of hydrogen-bond donors (Lipinski definition) is 13. The van der Waals surface area contributed by atoms with Crippen molar-refractivity contribution in [3.63, 3.8) is 0 Å². The molecule has 7 aromatic heterocycles. The molecule has 34 heteroatoms. The molecule has 4 atom stereocenters. The second kappa shape index (κ2) is 24.3. The van der Waals surface area contributed by atoms with Gasteiger partial charge in [-0.3, -0.25) is 14.2 Å². The van der Waals surface area contributed by atoms with Gasteiger partial charge in [-0.1, -0.05) is 24.4 Å². The molecule has 17 N–H and O–H groups in total. The van der Waals surface area contributed by atoms with E-state index in [1.807, 2.05) is 11.9 Å². The summed E-state index contributed by atoms with van der Waals surface area (Å²) in [6, 6.07) is 6.31. The molecule has 0 saturated carbocycles. The molecule has 1 saturated heterocycles. The minimum Gasteiger partial charge on any atom is -0.481 e. The van der Waals surface area contributed by atoms with Gasteiger partial charge in [0.15, 0.2) is 43.7 Å². The second-order valence-corrected chi connectivity index (χ2v) is 15.7. The van der Waals surface area contributed by atoms with Gasteiger partial charge in [0.25, 0.3) is 5.91 Å². The van der Waals surface area contributed by atoms with Crippen LogP contribution in [0.3, 0.4) is 0 Å². The molecule has 29 nitrogen and oxygen atoms in total. The molecular formula is C39H42F2N20O9PtS2. The Hall–Kier alpha value is -8.10.